The van der Waals surface area contributed by atoms with Crippen molar-refractivity contribution in [3.05, 3.63) is 61.9 Å². The molecule has 0 saturated carbocycles. The van der Waals surface area contributed by atoms with Crippen molar-refractivity contribution in [1.82, 2.24) is 14.9 Å². The van der Waals surface area contributed by atoms with Gasteiger partial charge in [-0.1, -0.05) is 19.9 Å². The van der Waals surface area contributed by atoms with E-state index in [1.165, 1.54) is 16.7 Å². The topological polar surface area (TPSA) is 131 Å². The number of nitrogens with zero attached hydrogens (tertiary/aromatic N) is 2. The molecular weight excluding hydrogens is 512 g/mol. The number of aromatic nitrogens is 2. The number of carbonyl (C=O) groups is 2. The maximum absolute atomic E-state index is 13.9. The fourth-order valence-corrected chi connectivity index (χ4v) is 5.69. The van der Waals surface area contributed by atoms with Gasteiger partial charge in [0, 0.05) is 28.5 Å². The Morgan fingerprint density at radius 1 is 1.23 bits per heavy atom. The number of fused-ring (bicyclic) bond motifs is 5. The number of hydrogen-bond donors (Lipinski definition) is 3. The molecule has 3 aliphatic rings. The smallest absolute Gasteiger partial charge is 0.340 e. The highest BCUT2D eigenvalue weighted by Crippen LogP contribution is 2.47. The molecule has 206 valence electrons. The third-order valence-corrected chi connectivity index (χ3v) is 7.43. The van der Waals surface area contributed by atoms with Crippen molar-refractivity contribution in [2.45, 2.75) is 77.9 Å². The molecule has 0 spiro atoms. The molecule has 1 aromatic carbocycles. The maximum Gasteiger partial charge on any atom is 0.340 e. The van der Waals surface area contributed by atoms with Crippen molar-refractivity contribution in [3.63, 3.8) is 0 Å². The standard InChI is InChI=1S/C26H23F2N3O6.C2H6/c1-10(32)2-5-19(33)29-17-6-12-11(24(27)28)3-4-16-20(12)21(17)14-8-31-18(22(14)30-16)7-13-15(25(31)35)9-37-26(36)23(13)34;1-2/h3-4,7,10,17,23-24,32,34H,2,5-6,8-9H2,1H3,(H,29,33);1-2H3. The number of aliphatic hydroxyl groups is 2. The first-order valence-corrected chi connectivity index (χ1v) is 13.0. The molecule has 2 aliphatic heterocycles. The van der Waals surface area contributed by atoms with Crippen LogP contribution in [0.25, 0.3) is 22.3 Å². The van der Waals surface area contributed by atoms with Gasteiger partial charge in [0.2, 0.25) is 5.91 Å². The van der Waals surface area contributed by atoms with Crippen molar-refractivity contribution in [1.29, 1.82) is 0 Å². The Morgan fingerprint density at radius 2 is 1.97 bits per heavy atom. The van der Waals surface area contributed by atoms with E-state index >= 15 is 0 Å². The van der Waals surface area contributed by atoms with E-state index in [1.807, 2.05) is 13.8 Å². The molecule has 0 saturated heterocycles. The van der Waals surface area contributed by atoms with Crippen LogP contribution in [0.2, 0.25) is 0 Å². The number of rotatable bonds is 5. The number of hydrogen-bond acceptors (Lipinski definition) is 7. The van der Waals surface area contributed by atoms with Crippen LogP contribution in [-0.2, 0) is 33.9 Å². The van der Waals surface area contributed by atoms with Gasteiger partial charge in [-0.2, -0.15) is 0 Å². The van der Waals surface area contributed by atoms with E-state index in [0.29, 0.717) is 39.0 Å². The molecule has 3 atom stereocenters. The van der Waals surface area contributed by atoms with E-state index in [-0.39, 0.29) is 55.0 Å². The summed E-state index contributed by atoms with van der Waals surface area (Å²) in [5.41, 5.74) is 2.74. The second-order valence-corrected chi connectivity index (χ2v) is 9.76. The third-order valence-electron chi connectivity index (χ3n) is 7.43. The van der Waals surface area contributed by atoms with Crippen molar-refractivity contribution < 1.29 is 33.3 Å². The number of ether oxygens (including phenoxy) is 1. The third kappa shape index (κ3) is 4.29. The zero-order chi connectivity index (χ0) is 28.2. The predicted molar refractivity (Wildman–Crippen MR) is 137 cm³/mol. The molecule has 4 heterocycles. The summed E-state index contributed by atoms with van der Waals surface area (Å²) in [4.78, 5) is 42.6. The number of amides is 1. The Balaban J connectivity index is 0.00000151. The largest absolute Gasteiger partial charge is 0.458 e. The van der Waals surface area contributed by atoms with Crippen LogP contribution in [-0.4, -0.2) is 37.7 Å². The number of cyclic esters (lactones) is 1. The van der Waals surface area contributed by atoms with Crippen molar-refractivity contribution >= 4 is 22.8 Å². The zero-order valence-electron chi connectivity index (χ0n) is 21.8. The lowest BCUT2D eigenvalue weighted by Crippen LogP contribution is -2.32. The van der Waals surface area contributed by atoms with Gasteiger partial charge < -0.3 is 24.8 Å². The van der Waals surface area contributed by atoms with Gasteiger partial charge in [0.05, 0.1) is 41.2 Å². The van der Waals surface area contributed by atoms with Gasteiger partial charge >= 0.3 is 5.97 Å². The minimum absolute atomic E-state index is 0.0704. The summed E-state index contributed by atoms with van der Waals surface area (Å²) < 4.78 is 34.2. The molecule has 39 heavy (non-hydrogen) atoms. The molecule has 6 rings (SSSR count). The molecule has 1 amide bonds. The van der Waals surface area contributed by atoms with E-state index in [4.69, 9.17) is 9.72 Å². The number of nitrogens with one attached hydrogen (secondary N) is 1. The summed E-state index contributed by atoms with van der Waals surface area (Å²) in [5, 5.41) is 23.4. The van der Waals surface area contributed by atoms with Gasteiger partial charge in [0.1, 0.15) is 6.61 Å². The normalized spacial score (nSPS) is 19.1. The molecule has 1 aliphatic carbocycles. The molecule has 9 nitrogen and oxygen atoms in total. The molecule has 3 unspecified atom stereocenters. The zero-order valence-corrected chi connectivity index (χ0v) is 21.8. The fourth-order valence-electron chi connectivity index (χ4n) is 5.69. The van der Waals surface area contributed by atoms with E-state index in [0.717, 1.165) is 0 Å². The van der Waals surface area contributed by atoms with Crippen molar-refractivity contribution in [2.24, 2.45) is 0 Å². The Hall–Kier alpha value is -3.70. The van der Waals surface area contributed by atoms with Crippen LogP contribution in [0.3, 0.4) is 0 Å². The number of esters is 1. The fraction of sp³-hybridized carbons (Fsp3) is 0.429. The summed E-state index contributed by atoms with van der Waals surface area (Å²) in [7, 11) is 0. The summed E-state index contributed by atoms with van der Waals surface area (Å²) in [6.07, 6.45) is -4.49. The van der Waals surface area contributed by atoms with E-state index < -0.39 is 36.2 Å². The summed E-state index contributed by atoms with van der Waals surface area (Å²) in [5.74, 6) is -1.16. The summed E-state index contributed by atoms with van der Waals surface area (Å²) in [6, 6.07) is 3.77. The first-order valence-electron chi connectivity index (χ1n) is 13.0. The Bertz CT molecular complexity index is 1570. The van der Waals surface area contributed by atoms with E-state index in [2.05, 4.69) is 5.32 Å². The molecule has 3 aromatic rings. The second kappa shape index (κ2) is 10.1. The van der Waals surface area contributed by atoms with E-state index in [1.54, 1.807) is 13.0 Å². The van der Waals surface area contributed by atoms with Crippen LogP contribution < -0.4 is 10.9 Å². The Kier molecular flexibility index (Phi) is 6.98. The van der Waals surface area contributed by atoms with Gasteiger partial charge in [0.15, 0.2) is 6.10 Å². The van der Waals surface area contributed by atoms with Crippen molar-refractivity contribution in [3.8, 4) is 11.4 Å². The van der Waals surface area contributed by atoms with Gasteiger partial charge in [-0.25, -0.2) is 18.6 Å². The van der Waals surface area contributed by atoms with Crippen LogP contribution in [0.1, 0.15) is 85.6 Å². The molecule has 2 aromatic heterocycles. The van der Waals surface area contributed by atoms with Crippen molar-refractivity contribution in [2.75, 3.05) is 0 Å². The highest BCUT2D eigenvalue weighted by atomic mass is 19.3. The van der Waals surface area contributed by atoms with Crippen LogP contribution in [0.5, 0.6) is 0 Å². The molecule has 0 radical (unpaired) electrons. The number of halogens is 2. The second-order valence-electron chi connectivity index (χ2n) is 9.76. The molecule has 0 fully saturated rings. The molecule has 11 heteroatoms. The van der Waals surface area contributed by atoms with Gasteiger partial charge in [-0.3, -0.25) is 9.59 Å². The maximum atomic E-state index is 13.9. The van der Waals surface area contributed by atoms with Gasteiger partial charge in [-0.15, -0.1) is 0 Å². The Labute approximate surface area is 222 Å². The first-order chi connectivity index (χ1) is 18.7. The lowest BCUT2D eigenvalue weighted by atomic mass is 9.97. The minimum atomic E-state index is -2.71. The number of alkyl halides is 2. The predicted octanol–water partition coefficient (Wildman–Crippen LogP) is 3.35. The van der Waals surface area contributed by atoms with Crippen LogP contribution in [0, 0.1) is 0 Å². The minimum Gasteiger partial charge on any atom is -0.458 e. The quantitative estimate of drug-likeness (QED) is 0.330. The highest BCUT2D eigenvalue weighted by Gasteiger charge is 2.39. The first kappa shape index (κ1) is 26.9. The van der Waals surface area contributed by atoms with Gasteiger partial charge in [-0.05, 0) is 43.0 Å². The summed E-state index contributed by atoms with van der Waals surface area (Å²) in [6.45, 7) is 5.42. The highest BCUT2D eigenvalue weighted by molar-refractivity contribution is 5.95. The summed E-state index contributed by atoms with van der Waals surface area (Å²) >= 11 is 0. The number of aliphatic hydroxyl groups excluding tert-OH is 2. The molecule has 0 bridgehead atoms. The van der Waals surface area contributed by atoms with Crippen LogP contribution >= 0.6 is 0 Å². The number of benzene rings is 1. The molecular formula is C28H29F2N3O6. The lowest BCUT2D eigenvalue weighted by Gasteiger charge is -2.21. The van der Waals surface area contributed by atoms with Crippen LogP contribution in [0.4, 0.5) is 8.78 Å². The monoisotopic (exact) mass is 541 g/mol. The molecule has 3 N–H and O–H groups in total. The van der Waals surface area contributed by atoms with Crippen LogP contribution in [0.15, 0.2) is 23.0 Å². The van der Waals surface area contributed by atoms with Gasteiger partial charge in [0.25, 0.3) is 12.0 Å². The average molecular weight is 542 g/mol. The van der Waals surface area contributed by atoms with E-state index in [9.17, 15) is 33.4 Å². The number of pyridine rings is 2. The lowest BCUT2D eigenvalue weighted by molar-refractivity contribution is -0.157. The SMILES string of the molecule is CC.CC(O)CCC(=O)NC1Cc2c(C(F)F)ccc3nc4c(c1c23)Cn1c-4cc2c(c1=O)COC(=O)C2O. The number of carbonyl (C=O) groups excluding carboxylic acids is 2. The average Bonchev–Trinajstić information content (AvgIpc) is 3.46. The Morgan fingerprint density at radius 3 is 2.67 bits per heavy atom.